The molecule has 5 heteroatoms. The average Bonchev–Trinajstić information content (AvgIpc) is 1.85. The number of alkyl halides is 1. The van der Waals surface area contributed by atoms with Crippen molar-refractivity contribution < 1.29 is 19.1 Å². The normalized spacial score (nSPS) is 15.8. The van der Waals surface area contributed by atoms with Crippen molar-refractivity contribution in [3.05, 3.63) is 0 Å². The van der Waals surface area contributed by atoms with E-state index in [0.717, 1.165) is 0 Å². The highest BCUT2D eigenvalue weighted by molar-refractivity contribution is 6.04. The van der Waals surface area contributed by atoms with E-state index in [4.69, 9.17) is 5.11 Å². The maximum absolute atomic E-state index is 12.7. The average molecular weight is 149 g/mol. The molecular formula is C5H8FNO3. The summed E-state index contributed by atoms with van der Waals surface area (Å²) >= 11 is 0. The number of primary amides is 1. The molecule has 0 spiro atoms. The van der Waals surface area contributed by atoms with Gasteiger partial charge in [0.15, 0.2) is 0 Å². The van der Waals surface area contributed by atoms with E-state index in [9.17, 15) is 14.0 Å². The first-order chi connectivity index (χ1) is 4.45. The minimum absolute atomic E-state index is 0.447. The number of carbonyl (C=O) groups excluding carboxylic acids is 1. The van der Waals surface area contributed by atoms with Gasteiger partial charge in [0, 0.05) is 0 Å². The summed E-state index contributed by atoms with van der Waals surface area (Å²) in [6.07, 6.45) is -0.447. The largest absolute Gasteiger partial charge is 0.478 e. The highest BCUT2D eigenvalue weighted by Crippen LogP contribution is 2.14. The van der Waals surface area contributed by atoms with Crippen molar-refractivity contribution in [1.29, 1.82) is 0 Å². The van der Waals surface area contributed by atoms with Crippen molar-refractivity contribution in [3.8, 4) is 0 Å². The van der Waals surface area contributed by atoms with Crippen LogP contribution in [-0.2, 0) is 9.59 Å². The Bertz CT molecular complexity index is 154. The number of aliphatic carboxylic acids is 1. The summed E-state index contributed by atoms with van der Waals surface area (Å²) in [6, 6.07) is 0. The molecule has 3 N–H and O–H groups in total. The van der Waals surface area contributed by atoms with Crippen LogP contribution in [0, 0.1) is 0 Å². The summed E-state index contributed by atoms with van der Waals surface area (Å²) < 4.78 is 12.7. The Balaban J connectivity index is 4.55. The molecule has 0 aliphatic rings. The number of hydrogen-bond acceptors (Lipinski definition) is 2. The molecule has 0 radical (unpaired) electrons. The fourth-order valence-corrected chi connectivity index (χ4v) is 0.431. The summed E-state index contributed by atoms with van der Waals surface area (Å²) in [5, 5.41) is 8.13. The Morgan fingerprint density at radius 3 is 2.10 bits per heavy atom. The molecule has 58 valence electrons. The molecule has 0 aliphatic heterocycles. The Hall–Kier alpha value is -1.13. The van der Waals surface area contributed by atoms with Gasteiger partial charge in [-0.1, -0.05) is 6.92 Å². The zero-order valence-corrected chi connectivity index (χ0v) is 5.43. The molecule has 0 saturated heterocycles. The van der Waals surface area contributed by atoms with Crippen molar-refractivity contribution in [3.63, 3.8) is 0 Å². The van der Waals surface area contributed by atoms with Crippen LogP contribution in [0.15, 0.2) is 0 Å². The second kappa shape index (κ2) is 2.64. The second-order valence-electron chi connectivity index (χ2n) is 1.82. The minimum Gasteiger partial charge on any atom is -0.478 e. The van der Waals surface area contributed by atoms with Gasteiger partial charge >= 0.3 is 5.97 Å². The first kappa shape index (κ1) is 8.87. The van der Waals surface area contributed by atoms with Gasteiger partial charge in [-0.15, -0.1) is 0 Å². The number of carboxylic acid groups (broad SMARTS) is 1. The van der Waals surface area contributed by atoms with E-state index in [1.54, 1.807) is 0 Å². The van der Waals surface area contributed by atoms with Crippen LogP contribution in [0.3, 0.4) is 0 Å². The molecule has 1 atom stereocenters. The van der Waals surface area contributed by atoms with Crippen LogP contribution in [0.2, 0.25) is 0 Å². The van der Waals surface area contributed by atoms with Crippen LogP contribution in [0.4, 0.5) is 4.39 Å². The fourth-order valence-electron chi connectivity index (χ4n) is 0.431. The topological polar surface area (TPSA) is 80.4 Å². The van der Waals surface area contributed by atoms with Crippen molar-refractivity contribution in [1.82, 2.24) is 0 Å². The second-order valence-corrected chi connectivity index (χ2v) is 1.82. The molecule has 4 nitrogen and oxygen atoms in total. The molecule has 0 saturated carbocycles. The molecule has 0 unspecified atom stereocenters. The molecular weight excluding hydrogens is 141 g/mol. The summed E-state index contributed by atoms with van der Waals surface area (Å²) in [4.78, 5) is 20.2. The molecule has 0 aromatic heterocycles. The lowest BCUT2D eigenvalue weighted by Gasteiger charge is -2.12. The van der Waals surface area contributed by atoms with E-state index in [2.05, 4.69) is 5.73 Å². The highest BCUT2D eigenvalue weighted by Gasteiger charge is 2.43. The number of amides is 1. The molecule has 0 heterocycles. The Labute approximate surface area is 56.8 Å². The van der Waals surface area contributed by atoms with Crippen LogP contribution in [0.5, 0.6) is 0 Å². The number of hydrogen-bond donors (Lipinski definition) is 2. The summed E-state index contributed by atoms with van der Waals surface area (Å²) in [6.45, 7) is 1.23. The number of halogens is 1. The van der Waals surface area contributed by atoms with Crippen LogP contribution < -0.4 is 5.73 Å². The SMILES string of the molecule is CC[C@@](F)(C(N)=O)C(=O)O. The van der Waals surface area contributed by atoms with Crippen molar-refractivity contribution in [2.75, 3.05) is 0 Å². The van der Waals surface area contributed by atoms with Crippen LogP contribution >= 0.6 is 0 Å². The molecule has 1 amide bonds. The van der Waals surface area contributed by atoms with Crippen molar-refractivity contribution >= 4 is 11.9 Å². The first-order valence-electron chi connectivity index (χ1n) is 2.67. The molecule has 0 aromatic carbocycles. The molecule has 0 aromatic rings. The Morgan fingerprint density at radius 1 is 1.70 bits per heavy atom. The highest BCUT2D eigenvalue weighted by atomic mass is 19.1. The lowest BCUT2D eigenvalue weighted by atomic mass is 10.0. The van der Waals surface area contributed by atoms with E-state index >= 15 is 0 Å². The van der Waals surface area contributed by atoms with Gasteiger partial charge in [0.1, 0.15) is 0 Å². The summed E-state index contributed by atoms with van der Waals surface area (Å²) in [7, 11) is 0. The van der Waals surface area contributed by atoms with Crippen molar-refractivity contribution in [2.24, 2.45) is 5.73 Å². The van der Waals surface area contributed by atoms with Gasteiger partial charge in [-0.05, 0) is 6.42 Å². The third-order valence-corrected chi connectivity index (χ3v) is 1.22. The van der Waals surface area contributed by atoms with E-state index in [1.165, 1.54) is 6.92 Å². The zero-order valence-electron chi connectivity index (χ0n) is 5.43. The van der Waals surface area contributed by atoms with Gasteiger partial charge in [-0.25, -0.2) is 9.18 Å². The number of carboxylic acids is 1. The molecule has 0 aliphatic carbocycles. The van der Waals surface area contributed by atoms with Gasteiger partial charge in [-0.3, -0.25) is 4.79 Å². The van der Waals surface area contributed by atoms with E-state index in [-0.39, 0.29) is 0 Å². The van der Waals surface area contributed by atoms with Crippen LogP contribution in [0.1, 0.15) is 13.3 Å². The van der Waals surface area contributed by atoms with Gasteiger partial charge < -0.3 is 10.8 Å². The minimum atomic E-state index is -2.90. The van der Waals surface area contributed by atoms with Crippen molar-refractivity contribution in [2.45, 2.75) is 19.0 Å². The number of rotatable bonds is 3. The van der Waals surface area contributed by atoms with Gasteiger partial charge in [0.2, 0.25) is 0 Å². The van der Waals surface area contributed by atoms with Gasteiger partial charge in [0.25, 0.3) is 11.6 Å². The van der Waals surface area contributed by atoms with Gasteiger partial charge in [-0.2, -0.15) is 0 Å². The van der Waals surface area contributed by atoms with Crippen LogP contribution in [-0.4, -0.2) is 22.7 Å². The van der Waals surface area contributed by atoms with Gasteiger partial charge in [0.05, 0.1) is 0 Å². The monoisotopic (exact) mass is 149 g/mol. The smallest absolute Gasteiger partial charge is 0.351 e. The van der Waals surface area contributed by atoms with E-state index in [1.807, 2.05) is 0 Å². The fraction of sp³-hybridized carbons (Fsp3) is 0.600. The third-order valence-electron chi connectivity index (χ3n) is 1.22. The lowest BCUT2D eigenvalue weighted by molar-refractivity contribution is -0.157. The molecule has 0 rings (SSSR count). The van der Waals surface area contributed by atoms with E-state index < -0.39 is 24.0 Å². The number of nitrogens with two attached hydrogens (primary N) is 1. The molecule has 0 fully saturated rings. The predicted molar refractivity (Wildman–Crippen MR) is 31.0 cm³/mol. The quantitative estimate of drug-likeness (QED) is 0.539. The molecule has 0 bridgehead atoms. The summed E-state index contributed by atoms with van der Waals surface area (Å²) in [5.41, 5.74) is 1.58. The maximum atomic E-state index is 12.7. The third kappa shape index (κ3) is 1.23. The standard InChI is InChI=1S/C5H8FNO3/c1-2-5(6,3(7)8)4(9)10/h2H2,1H3,(H2,7,8)(H,9,10)/t5-/m1/s1. The maximum Gasteiger partial charge on any atom is 0.351 e. The van der Waals surface area contributed by atoms with Crippen LogP contribution in [0.25, 0.3) is 0 Å². The zero-order chi connectivity index (χ0) is 8.36. The lowest BCUT2D eigenvalue weighted by Crippen LogP contribution is -2.46. The number of carbonyl (C=O) groups is 2. The van der Waals surface area contributed by atoms with E-state index in [0.29, 0.717) is 0 Å². The molecule has 10 heavy (non-hydrogen) atoms. The summed E-state index contributed by atoms with van der Waals surface area (Å²) in [5.74, 6) is -3.29. The Morgan fingerprint density at radius 2 is 2.10 bits per heavy atom. The Kier molecular flexibility index (Phi) is 2.34. The predicted octanol–water partition coefficient (Wildman–Crippen LogP) is -0.325. The first-order valence-corrected chi connectivity index (χ1v) is 2.67.